The van der Waals surface area contributed by atoms with Gasteiger partial charge in [0, 0.05) is 48.8 Å². The second kappa shape index (κ2) is 8.76. The van der Waals surface area contributed by atoms with Crippen molar-refractivity contribution in [3.63, 3.8) is 0 Å². The Morgan fingerprint density at radius 3 is 2.83 bits per heavy atom. The van der Waals surface area contributed by atoms with E-state index in [0.717, 1.165) is 33.2 Å². The Hall–Kier alpha value is -4.24. The number of nitrogens with zero attached hydrogens (tertiary/aromatic N) is 3. The van der Waals surface area contributed by atoms with E-state index in [4.69, 9.17) is 15.2 Å². The van der Waals surface area contributed by atoms with Gasteiger partial charge < -0.3 is 15.2 Å². The first kappa shape index (κ1) is 22.2. The van der Waals surface area contributed by atoms with Gasteiger partial charge in [0.1, 0.15) is 23.8 Å². The number of aromatic amines is 1. The number of amides is 1. The lowest BCUT2D eigenvalue weighted by Gasteiger charge is -2.34. The molecular weight excluding hydrogens is 461 g/mol. The second-order valence-electron chi connectivity index (χ2n) is 9.07. The molecule has 4 heterocycles. The van der Waals surface area contributed by atoms with Crippen LogP contribution in [0.4, 0.5) is 4.39 Å². The van der Waals surface area contributed by atoms with Crippen LogP contribution in [0.1, 0.15) is 24.0 Å². The minimum absolute atomic E-state index is 0.220. The fraction of sp³-hybridized carbons (Fsp3) is 0.222. The molecule has 3 N–H and O–H groups in total. The van der Waals surface area contributed by atoms with Gasteiger partial charge in [0.05, 0.1) is 17.1 Å². The van der Waals surface area contributed by atoms with Gasteiger partial charge in [-0.1, -0.05) is 12.1 Å². The van der Waals surface area contributed by atoms with Crippen LogP contribution < -0.4 is 10.5 Å². The monoisotopic (exact) mass is 485 g/mol. The van der Waals surface area contributed by atoms with Crippen LogP contribution in [0.5, 0.6) is 5.75 Å². The fourth-order valence-electron chi connectivity index (χ4n) is 5.05. The van der Waals surface area contributed by atoms with Crippen LogP contribution in [0.3, 0.4) is 0 Å². The summed E-state index contributed by atoms with van der Waals surface area (Å²) in [5.74, 6) is -0.607. The summed E-state index contributed by atoms with van der Waals surface area (Å²) in [4.78, 5) is 16.9. The van der Waals surface area contributed by atoms with Crippen molar-refractivity contribution in [2.45, 2.75) is 24.9 Å². The van der Waals surface area contributed by atoms with E-state index >= 15 is 0 Å². The van der Waals surface area contributed by atoms with Gasteiger partial charge in [-0.25, -0.2) is 9.37 Å². The molecule has 0 aliphatic carbocycles. The number of carbonyl (C=O) groups excluding carboxylic acids is 1. The summed E-state index contributed by atoms with van der Waals surface area (Å²) < 4.78 is 28.0. The number of imidazole rings is 1. The molecule has 0 saturated carbocycles. The summed E-state index contributed by atoms with van der Waals surface area (Å²) >= 11 is 0. The number of aromatic nitrogens is 4. The van der Waals surface area contributed by atoms with Gasteiger partial charge in [0.15, 0.2) is 0 Å². The Morgan fingerprint density at radius 1 is 1.19 bits per heavy atom. The average molecular weight is 486 g/mol. The summed E-state index contributed by atoms with van der Waals surface area (Å²) in [6, 6.07) is 12.5. The highest BCUT2D eigenvalue weighted by atomic mass is 19.1. The van der Waals surface area contributed by atoms with Crippen LogP contribution in [-0.2, 0) is 21.6 Å². The van der Waals surface area contributed by atoms with Crippen molar-refractivity contribution >= 4 is 22.5 Å². The van der Waals surface area contributed by atoms with Crippen LogP contribution >= 0.6 is 0 Å². The molecule has 1 saturated heterocycles. The molecule has 0 unspecified atom stereocenters. The van der Waals surface area contributed by atoms with Crippen molar-refractivity contribution in [2.24, 2.45) is 5.73 Å². The molecule has 1 aliphatic rings. The quantitative estimate of drug-likeness (QED) is 0.376. The van der Waals surface area contributed by atoms with Gasteiger partial charge in [-0.15, -0.1) is 0 Å². The molecule has 2 aromatic carbocycles. The molecule has 8 nitrogen and oxygen atoms in total. The molecule has 1 amide bonds. The number of carbonyl (C=O) groups is 1. The molecular formula is C27H24FN5O3. The Balaban J connectivity index is 1.33. The number of rotatable bonds is 6. The van der Waals surface area contributed by atoms with E-state index in [1.54, 1.807) is 18.5 Å². The first-order valence-corrected chi connectivity index (χ1v) is 11.7. The SMILES string of the molecule is NC(=O)C1(c2cc(F)cc(OCc3ccc4c(-c5cn[nH]c5)cc5nccn5c4c3)c2)CCOCC1. The zero-order chi connectivity index (χ0) is 24.7. The van der Waals surface area contributed by atoms with E-state index in [1.807, 2.05) is 41.1 Å². The molecule has 182 valence electrons. The third kappa shape index (κ3) is 3.77. The lowest BCUT2D eigenvalue weighted by Crippen LogP contribution is -2.45. The Kier molecular flexibility index (Phi) is 5.41. The van der Waals surface area contributed by atoms with Crippen molar-refractivity contribution in [2.75, 3.05) is 13.2 Å². The number of fused-ring (bicyclic) bond motifs is 3. The van der Waals surface area contributed by atoms with Crippen LogP contribution in [0.2, 0.25) is 0 Å². The van der Waals surface area contributed by atoms with Gasteiger partial charge in [0.2, 0.25) is 5.91 Å². The normalized spacial score (nSPS) is 15.4. The summed E-state index contributed by atoms with van der Waals surface area (Å²) in [6.07, 6.45) is 8.13. The largest absolute Gasteiger partial charge is 0.489 e. The maximum Gasteiger partial charge on any atom is 0.228 e. The maximum atomic E-state index is 14.6. The van der Waals surface area contributed by atoms with E-state index in [9.17, 15) is 9.18 Å². The number of primary amides is 1. The number of benzene rings is 2. The van der Waals surface area contributed by atoms with Crippen LogP contribution in [0, 0.1) is 5.82 Å². The molecule has 0 spiro atoms. The van der Waals surface area contributed by atoms with E-state index in [-0.39, 0.29) is 6.61 Å². The van der Waals surface area contributed by atoms with Gasteiger partial charge in [-0.05, 0) is 53.8 Å². The smallest absolute Gasteiger partial charge is 0.228 e. The van der Waals surface area contributed by atoms with E-state index in [2.05, 4.69) is 15.2 Å². The summed E-state index contributed by atoms with van der Waals surface area (Å²) in [7, 11) is 0. The van der Waals surface area contributed by atoms with Gasteiger partial charge in [-0.2, -0.15) is 5.10 Å². The number of hydrogen-bond acceptors (Lipinski definition) is 5. The topological polar surface area (TPSA) is 108 Å². The Labute approximate surface area is 205 Å². The van der Waals surface area contributed by atoms with Gasteiger partial charge >= 0.3 is 0 Å². The zero-order valence-electron chi connectivity index (χ0n) is 19.4. The van der Waals surface area contributed by atoms with Crippen molar-refractivity contribution in [3.8, 4) is 16.9 Å². The molecule has 36 heavy (non-hydrogen) atoms. The van der Waals surface area contributed by atoms with Gasteiger partial charge in [0.25, 0.3) is 0 Å². The van der Waals surface area contributed by atoms with Crippen LogP contribution in [0.15, 0.2) is 67.3 Å². The zero-order valence-corrected chi connectivity index (χ0v) is 19.4. The summed E-state index contributed by atoms with van der Waals surface area (Å²) in [5.41, 5.74) is 10.0. The number of ether oxygens (including phenoxy) is 2. The second-order valence-corrected chi connectivity index (χ2v) is 9.07. The van der Waals surface area contributed by atoms with Crippen molar-refractivity contribution in [3.05, 3.63) is 84.2 Å². The van der Waals surface area contributed by atoms with E-state index in [1.165, 1.54) is 12.1 Å². The van der Waals surface area contributed by atoms with Crippen molar-refractivity contribution in [1.29, 1.82) is 0 Å². The lowest BCUT2D eigenvalue weighted by atomic mass is 9.73. The number of halogens is 1. The first-order chi connectivity index (χ1) is 17.5. The van der Waals surface area contributed by atoms with Crippen LogP contribution in [-0.4, -0.2) is 38.7 Å². The molecule has 0 radical (unpaired) electrons. The van der Waals surface area contributed by atoms with Crippen molar-refractivity contribution in [1.82, 2.24) is 19.6 Å². The van der Waals surface area contributed by atoms with Crippen LogP contribution in [0.25, 0.3) is 27.7 Å². The molecule has 1 fully saturated rings. The third-order valence-electron chi connectivity index (χ3n) is 7.01. The summed E-state index contributed by atoms with van der Waals surface area (Å²) in [5, 5.41) is 7.98. The van der Waals surface area contributed by atoms with Gasteiger partial charge in [-0.3, -0.25) is 14.3 Å². The molecule has 6 rings (SSSR count). The average Bonchev–Trinajstić information content (AvgIpc) is 3.59. The number of H-pyrrole nitrogens is 1. The standard InChI is InChI=1S/C27H24FN5O3/c28-20-10-19(27(26(29)34)3-7-35-8-4-27)11-21(12-20)36-16-17-1-2-22-23(18-14-31-32-15-18)13-25-30-5-6-33(25)24(22)9-17/h1-2,5-6,9-15H,3-4,7-8,16H2,(H2,29,34)(H,31,32). The van der Waals surface area contributed by atoms with E-state index < -0.39 is 17.1 Å². The first-order valence-electron chi connectivity index (χ1n) is 11.7. The van der Waals surface area contributed by atoms with E-state index in [0.29, 0.717) is 37.4 Å². The number of hydrogen-bond donors (Lipinski definition) is 2. The molecule has 0 bridgehead atoms. The predicted molar refractivity (Wildman–Crippen MR) is 132 cm³/mol. The molecule has 1 aliphatic heterocycles. The number of nitrogens with one attached hydrogen (secondary N) is 1. The Morgan fingerprint density at radius 2 is 2.06 bits per heavy atom. The predicted octanol–water partition coefficient (Wildman–Crippen LogP) is 4.13. The molecule has 9 heteroatoms. The molecule has 3 aromatic heterocycles. The molecule has 0 atom stereocenters. The Bertz CT molecular complexity index is 1570. The lowest BCUT2D eigenvalue weighted by molar-refractivity contribution is -0.127. The minimum Gasteiger partial charge on any atom is -0.489 e. The summed E-state index contributed by atoms with van der Waals surface area (Å²) in [6.45, 7) is 1.02. The number of nitrogens with two attached hydrogens (primary N) is 1. The fourth-order valence-corrected chi connectivity index (χ4v) is 5.05. The maximum absolute atomic E-state index is 14.6. The highest BCUT2D eigenvalue weighted by molar-refractivity contribution is 5.97. The van der Waals surface area contributed by atoms with Crippen molar-refractivity contribution < 1.29 is 18.7 Å². The molecule has 5 aromatic rings. The highest BCUT2D eigenvalue weighted by Crippen LogP contribution is 2.37. The number of pyridine rings is 1. The highest BCUT2D eigenvalue weighted by Gasteiger charge is 2.40. The minimum atomic E-state index is -0.960. The third-order valence-corrected chi connectivity index (χ3v) is 7.01.